The van der Waals surface area contributed by atoms with Crippen LogP contribution in [0.5, 0.6) is 0 Å². The molecule has 0 aromatic carbocycles. The molecule has 1 aromatic heterocycles. The Hall–Kier alpha value is -1.41. The van der Waals surface area contributed by atoms with E-state index in [4.69, 9.17) is 0 Å². The van der Waals surface area contributed by atoms with Crippen LogP contribution in [0.4, 0.5) is 5.13 Å². The van der Waals surface area contributed by atoms with Crippen LogP contribution < -0.4 is 4.90 Å². The van der Waals surface area contributed by atoms with Crippen LogP contribution in [0.1, 0.15) is 23.0 Å². The van der Waals surface area contributed by atoms with Crippen molar-refractivity contribution in [3.05, 3.63) is 11.1 Å². The van der Waals surface area contributed by atoms with Crippen molar-refractivity contribution in [3.8, 4) is 0 Å². The number of thioether (sulfide) groups is 1. The number of hydrogen-bond donors (Lipinski definition) is 0. The van der Waals surface area contributed by atoms with Gasteiger partial charge in [0.1, 0.15) is 4.88 Å². The van der Waals surface area contributed by atoms with E-state index < -0.39 is 5.97 Å². The smallest absolute Gasteiger partial charge is 0.349 e. The predicted octanol–water partition coefficient (Wildman–Crippen LogP) is 1.31. The van der Waals surface area contributed by atoms with Crippen molar-refractivity contribution in [1.82, 2.24) is 4.98 Å². The fourth-order valence-corrected chi connectivity index (χ4v) is 3.54. The molecule has 8 heteroatoms. The predicted molar refractivity (Wildman–Crippen MR) is 72.5 cm³/mol. The second-order valence-corrected chi connectivity index (χ2v) is 6.42. The lowest BCUT2D eigenvalue weighted by molar-refractivity contribution is -0.117. The summed E-state index contributed by atoms with van der Waals surface area (Å²) in [6.07, 6.45) is 1.71. The van der Waals surface area contributed by atoms with Gasteiger partial charge in [0.2, 0.25) is 5.91 Å². The molecule has 6 nitrogen and oxygen atoms in total. The number of hydrogen-bond acceptors (Lipinski definition) is 7. The van der Waals surface area contributed by atoms with Crippen molar-refractivity contribution in [2.24, 2.45) is 0 Å². The van der Waals surface area contributed by atoms with Gasteiger partial charge in [0, 0.05) is 25.1 Å². The molecule has 1 saturated heterocycles. The van der Waals surface area contributed by atoms with E-state index in [-0.39, 0.29) is 16.3 Å². The quantitative estimate of drug-likeness (QED) is 0.783. The van der Waals surface area contributed by atoms with Gasteiger partial charge in [-0.15, -0.1) is 0 Å². The van der Waals surface area contributed by atoms with Crippen LogP contribution in [0.15, 0.2) is 6.20 Å². The highest BCUT2D eigenvalue weighted by atomic mass is 32.2. The second kappa shape index (κ2) is 5.70. The summed E-state index contributed by atoms with van der Waals surface area (Å²) in [4.78, 5) is 40.2. The maximum atomic E-state index is 11.9. The molecule has 1 aromatic rings. The van der Waals surface area contributed by atoms with E-state index in [9.17, 15) is 14.4 Å². The average molecular weight is 300 g/mol. The number of aromatic nitrogens is 1. The van der Waals surface area contributed by atoms with Crippen LogP contribution in [-0.4, -0.2) is 40.9 Å². The lowest BCUT2D eigenvalue weighted by Crippen LogP contribution is -2.24. The first-order chi connectivity index (χ1) is 9.01. The van der Waals surface area contributed by atoms with Crippen molar-refractivity contribution in [2.45, 2.75) is 18.6 Å². The van der Waals surface area contributed by atoms with Gasteiger partial charge < -0.3 is 4.74 Å². The summed E-state index contributed by atoms with van der Waals surface area (Å²) in [5, 5.41) is 0.418. The minimum absolute atomic E-state index is 0.00552. The number of methoxy groups -OCH3 is 1. The zero-order valence-electron chi connectivity index (χ0n) is 10.4. The molecule has 0 spiro atoms. The van der Waals surface area contributed by atoms with Crippen molar-refractivity contribution in [1.29, 1.82) is 0 Å². The molecule has 0 saturated carbocycles. The summed E-state index contributed by atoms with van der Waals surface area (Å²) in [5.74, 6) is -0.547. The molecule has 1 aliphatic heterocycles. The fraction of sp³-hybridized carbons (Fsp3) is 0.455. The molecule has 1 unspecified atom stereocenters. The molecule has 1 aliphatic rings. The summed E-state index contributed by atoms with van der Waals surface area (Å²) in [6, 6.07) is 0. The molecule has 0 radical (unpaired) electrons. The molecule has 1 atom stereocenters. The largest absolute Gasteiger partial charge is 0.465 e. The SMILES string of the molecule is COC(=O)c1cnc(N2CC(SC(C)=O)CC2=O)s1. The molecule has 2 heterocycles. The third-order valence-corrected chi connectivity index (χ3v) is 4.51. The van der Waals surface area contributed by atoms with E-state index in [0.29, 0.717) is 23.0 Å². The molecule has 19 heavy (non-hydrogen) atoms. The molecular formula is C11H12N2O4S2. The molecule has 0 bridgehead atoms. The number of rotatable bonds is 3. The normalized spacial score (nSPS) is 18.7. The third kappa shape index (κ3) is 3.13. The summed E-state index contributed by atoms with van der Waals surface area (Å²) in [6.45, 7) is 1.92. The summed E-state index contributed by atoms with van der Waals surface area (Å²) in [7, 11) is 1.29. The Kier molecular flexibility index (Phi) is 4.20. The standard InChI is InChI=1S/C11H12N2O4S2/c1-6(14)18-7-3-9(15)13(5-7)11-12-4-8(19-11)10(16)17-2/h4,7H,3,5H2,1-2H3. The highest BCUT2D eigenvalue weighted by molar-refractivity contribution is 8.14. The Morgan fingerprint density at radius 1 is 1.58 bits per heavy atom. The highest BCUT2D eigenvalue weighted by Gasteiger charge is 2.33. The van der Waals surface area contributed by atoms with Gasteiger partial charge in [-0.05, 0) is 0 Å². The molecular weight excluding hydrogens is 288 g/mol. The highest BCUT2D eigenvalue weighted by Crippen LogP contribution is 2.31. The Labute approximate surface area is 118 Å². The van der Waals surface area contributed by atoms with Gasteiger partial charge >= 0.3 is 5.97 Å². The number of amides is 1. The van der Waals surface area contributed by atoms with Gasteiger partial charge in [-0.2, -0.15) is 0 Å². The zero-order chi connectivity index (χ0) is 14.0. The first-order valence-corrected chi connectivity index (χ1v) is 7.22. The Balaban J connectivity index is 2.10. The number of anilines is 1. The first-order valence-electron chi connectivity index (χ1n) is 5.53. The molecule has 0 aliphatic carbocycles. The monoisotopic (exact) mass is 300 g/mol. The zero-order valence-corrected chi connectivity index (χ0v) is 12.0. The van der Waals surface area contributed by atoms with Gasteiger partial charge in [-0.1, -0.05) is 23.1 Å². The molecule has 1 fully saturated rings. The molecule has 102 valence electrons. The van der Waals surface area contributed by atoms with E-state index in [1.54, 1.807) is 0 Å². The van der Waals surface area contributed by atoms with Crippen LogP contribution >= 0.6 is 23.1 Å². The minimum atomic E-state index is -0.468. The second-order valence-electron chi connectivity index (χ2n) is 3.94. The van der Waals surface area contributed by atoms with Gasteiger partial charge in [0.25, 0.3) is 0 Å². The lowest BCUT2D eigenvalue weighted by Gasteiger charge is -2.11. The number of nitrogens with zero attached hydrogens (tertiary/aromatic N) is 2. The number of ether oxygens (including phenoxy) is 1. The van der Waals surface area contributed by atoms with Gasteiger partial charge in [0.05, 0.1) is 13.3 Å². The summed E-state index contributed by atoms with van der Waals surface area (Å²) >= 11 is 2.28. The van der Waals surface area contributed by atoms with E-state index in [1.807, 2.05) is 0 Å². The first kappa shape index (κ1) is 14.0. The van der Waals surface area contributed by atoms with Crippen molar-refractivity contribution < 1.29 is 19.1 Å². The van der Waals surface area contributed by atoms with Crippen LogP contribution in [0.25, 0.3) is 0 Å². The Bertz CT molecular complexity index is 529. The maximum absolute atomic E-state index is 11.9. The molecule has 2 rings (SSSR count). The minimum Gasteiger partial charge on any atom is -0.465 e. The molecule has 1 amide bonds. The summed E-state index contributed by atoms with van der Waals surface area (Å²) < 4.78 is 4.59. The van der Waals surface area contributed by atoms with Gasteiger partial charge in [0.15, 0.2) is 10.2 Å². The maximum Gasteiger partial charge on any atom is 0.349 e. The topological polar surface area (TPSA) is 76.6 Å². The van der Waals surface area contributed by atoms with Crippen molar-refractivity contribution in [2.75, 3.05) is 18.6 Å². The van der Waals surface area contributed by atoms with Crippen LogP contribution in [0.2, 0.25) is 0 Å². The molecule has 0 N–H and O–H groups in total. The Morgan fingerprint density at radius 2 is 2.32 bits per heavy atom. The lowest BCUT2D eigenvalue weighted by atomic mass is 10.4. The number of carbonyl (C=O) groups excluding carboxylic acids is 3. The third-order valence-electron chi connectivity index (χ3n) is 2.53. The van der Waals surface area contributed by atoms with E-state index in [0.717, 1.165) is 11.3 Å². The average Bonchev–Trinajstić information content (AvgIpc) is 2.94. The van der Waals surface area contributed by atoms with E-state index in [1.165, 1.54) is 36.9 Å². The van der Waals surface area contributed by atoms with E-state index >= 15 is 0 Å². The van der Waals surface area contributed by atoms with Crippen molar-refractivity contribution in [3.63, 3.8) is 0 Å². The number of carbonyl (C=O) groups is 3. The van der Waals surface area contributed by atoms with E-state index in [2.05, 4.69) is 9.72 Å². The van der Waals surface area contributed by atoms with Crippen LogP contribution in [0.3, 0.4) is 0 Å². The van der Waals surface area contributed by atoms with Crippen LogP contribution in [-0.2, 0) is 14.3 Å². The fourth-order valence-electron chi connectivity index (χ4n) is 1.76. The van der Waals surface area contributed by atoms with Gasteiger partial charge in [-0.25, -0.2) is 9.78 Å². The van der Waals surface area contributed by atoms with Gasteiger partial charge in [-0.3, -0.25) is 14.5 Å². The van der Waals surface area contributed by atoms with Crippen molar-refractivity contribution >= 4 is 45.2 Å². The van der Waals surface area contributed by atoms with Crippen LogP contribution in [0, 0.1) is 0 Å². The number of esters is 1. The Morgan fingerprint density at radius 3 is 2.95 bits per heavy atom. The summed E-state index contributed by atoms with van der Waals surface area (Å²) in [5.41, 5.74) is 0. The number of thiazole rings is 1.